The molecule has 1 aromatic carbocycles. The molecule has 0 unspecified atom stereocenters. The fourth-order valence-electron chi connectivity index (χ4n) is 2.15. The van der Waals surface area contributed by atoms with Crippen molar-refractivity contribution in [1.82, 2.24) is 5.43 Å². The summed E-state index contributed by atoms with van der Waals surface area (Å²) in [6, 6.07) is 7.74. The summed E-state index contributed by atoms with van der Waals surface area (Å²) in [5, 5.41) is 4.29. The highest BCUT2D eigenvalue weighted by Gasteiger charge is 2.66. The van der Waals surface area contributed by atoms with Gasteiger partial charge in [-0.25, -0.2) is 5.43 Å². The van der Waals surface area contributed by atoms with Gasteiger partial charge >= 0.3 is 0 Å². The fourth-order valence-corrected chi connectivity index (χ4v) is 3.63. The molecule has 0 spiro atoms. The van der Waals surface area contributed by atoms with Crippen LogP contribution in [0.15, 0.2) is 29.4 Å². The number of benzene rings is 1. The van der Waals surface area contributed by atoms with Crippen LogP contribution in [0.3, 0.4) is 0 Å². The molecule has 0 radical (unpaired) electrons. The Hall–Kier alpha value is -0.880. The summed E-state index contributed by atoms with van der Waals surface area (Å²) < 4.78 is 5.12. The number of amides is 1. The van der Waals surface area contributed by atoms with E-state index in [1.165, 1.54) is 0 Å². The van der Waals surface area contributed by atoms with Gasteiger partial charge in [-0.05, 0) is 56.5 Å². The van der Waals surface area contributed by atoms with Crippen molar-refractivity contribution in [1.29, 1.82) is 0 Å². The highest BCUT2D eigenvalue weighted by Crippen LogP contribution is 2.66. The van der Waals surface area contributed by atoms with E-state index in [0.29, 0.717) is 6.61 Å². The van der Waals surface area contributed by atoms with Gasteiger partial charge in [-0.15, -0.1) is 0 Å². The predicted molar refractivity (Wildman–Crippen MR) is 95.9 cm³/mol. The lowest BCUT2D eigenvalue weighted by atomic mass is 10.1. The van der Waals surface area contributed by atoms with Gasteiger partial charge in [0.05, 0.1) is 21.0 Å². The van der Waals surface area contributed by atoms with Crippen LogP contribution in [-0.4, -0.2) is 21.5 Å². The van der Waals surface area contributed by atoms with E-state index in [4.69, 9.17) is 4.74 Å². The molecule has 0 aromatic heterocycles. The molecule has 1 aliphatic rings. The summed E-state index contributed by atoms with van der Waals surface area (Å²) in [4.78, 5) is 12.2. The first-order chi connectivity index (χ1) is 10.3. The maximum absolute atomic E-state index is 12.2. The molecule has 22 heavy (non-hydrogen) atoms. The van der Waals surface area contributed by atoms with Crippen molar-refractivity contribution in [3.8, 4) is 5.75 Å². The van der Waals surface area contributed by atoms with Crippen molar-refractivity contribution in [2.24, 2.45) is 10.5 Å². The monoisotopic (exact) mass is 430 g/mol. The standard InChI is InChI=1S/C16H20Br2N2O2/c1-4-13(11-6-8-12(9-7-11)22-5-2)19-20-14(21)15(3)10-16(15,17)18/h6-9H,4-5,10H2,1-3H3,(H,20,21)/b19-13-/t15-/m1/s1. The van der Waals surface area contributed by atoms with Crippen LogP contribution in [0, 0.1) is 5.41 Å². The smallest absolute Gasteiger partial charge is 0.248 e. The number of halogens is 2. The largest absolute Gasteiger partial charge is 0.494 e. The van der Waals surface area contributed by atoms with Crippen molar-refractivity contribution in [3.05, 3.63) is 29.8 Å². The van der Waals surface area contributed by atoms with E-state index in [9.17, 15) is 4.79 Å². The van der Waals surface area contributed by atoms with Gasteiger partial charge in [0.2, 0.25) is 5.91 Å². The van der Waals surface area contributed by atoms with Crippen molar-refractivity contribution < 1.29 is 9.53 Å². The van der Waals surface area contributed by atoms with Crippen molar-refractivity contribution >= 4 is 43.5 Å². The lowest BCUT2D eigenvalue weighted by Gasteiger charge is -2.11. The van der Waals surface area contributed by atoms with E-state index in [0.717, 1.165) is 29.9 Å². The zero-order valence-corrected chi connectivity index (χ0v) is 16.1. The molecular formula is C16H20Br2N2O2. The number of rotatable bonds is 6. The highest BCUT2D eigenvalue weighted by atomic mass is 79.9. The van der Waals surface area contributed by atoms with Crippen molar-refractivity contribution in [2.75, 3.05) is 6.61 Å². The maximum Gasteiger partial charge on any atom is 0.248 e. The summed E-state index contributed by atoms with van der Waals surface area (Å²) in [7, 11) is 0. The molecule has 1 N–H and O–H groups in total. The molecule has 1 amide bonds. The van der Waals surface area contributed by atoms with Crippen LogP contribution in [0.4, 0.5) is 0 Å². The van der Waals surface area contributed by atoms with E-state index in [1.54, 1.807) is 0 Å². The zero-order chi connectivity index (χ0) is 16.4. The molecule has 1 aromatic rings. The minimum absolute atomic E-state index is 0.0851. The Labute approximate surface area is 148 Å². The third-order valence-electron chi connectivity index (χ3n) is 3.88. The lowest BCUT2D eigenvalue weighted by molar-refractivity contribution is -0.125. The van der Waals surface area contributed by atoms with E-state index < -0.39 is 5.41 Å². The Balaban J connectivity index is 2.06. The number of nitrogens with one attached hydrogen (secondary N) is 1. The molecule has 1 atom stereocenters. The Morgan fingerprint density at radius 2 is 1.91 bits per heavy atom. The number of hydrogen-bond donors (Lipinski definition) is 1. The van der Waals surface area contributed by atoms with E-state index in [1.807, 2.05) is 45.0 Å². The Bertz CT molecular complexity index is 584. The topological polar surface area (TPSA) is 50.7 Å². The average molecular weight is 432 g/mol. The van der Waals surface area contributed by atoms with E-state index in [-0.39, 0.29) is 9.14 Å². The Morgan fingerprint density at radius 1 is 1.32 bits per heavy atom. The second-order valence-corrected chi connectivity index (χ2v) is 9.30. The van der Waals surface area contributed by atoms with Gasteiger partial charge in [-0.3, -0.25) is 4.79 Å². The number of ether oxygens (including phenoxy) is 1. The molecular weight excluding hydrogens is 412 g/mol. The second kappa shape index (κ2) is 6.71. The first-order valence-corrected chi connectivity index (χ1v) is 8.90. The van der Waals surface area contributed by atoms with Gasteiger partial charge in [-0.2, -0.15) is 5.10 Å². The normalized spacial score (nSPS) is 23.0. The Kier molecular flexibility index (Phi) is 5.33. The minimum Gasteiger partial charge on any atom is -0.494 e. The van der Waals surface area contributed by atoms with Gasteiger partial charge in [0.25, 0.3) is 0 Å². The minimum atomic E-state index is -0.464. The van der Waals surface area contributed by atoms with Crippen molar-refractivity contribution in [3.63, 3.8) is 0 Å². The molecule has 1 saturated carbocycles. The summed E-state index contributed by atoms with van der Waals surface area (Å²) in [5.74, 6) is 0.748. The van der Waals surface area contributed by atoms with Crippen LogP contribution in [0.5, 0.6) is 5.75 Å². The average Bonchev–Trinajstić information content (AvgIpc) is 3.01. The van der Waals surface area contributed by atoms with Gasteiger partial charge in [-0.1, -0.05) is 38.8 Å². The molecule has 0 aliphatic heterocycles. The molecule has 0 heterocycles. The van der Waals surface area contributed by atoms with Gasteiger partial charge < -0.3 is 4.74 Å². The molecule has 6 heteroatoms. The molecule has 2 rings (SSSR count). The van der Waals surface area contributed by atoms with Gasteiger partial charge in [0.1, 0.15) is 5.75 Å². The lowest BCUT2D eigenvalue weighted by Crippen LogP contribution is -2.30. The number of nitrogens with zero attached hydrogens (tertiary/aromatic N) is 1. The van der Waals surface area contributed by atoms with Crippen LogP contribution >= 0.6 is 31.9 Å². The van der Waals surface area contributed by atoms with Crippen LogP contribution in [-0.2, 0) is 4.79 Å². The quantitative estimate of drug-likeness (QED) is 0.416. The van der Waals surface area contributed by atoms with E-state index >= 15 is 0 Å². The highest BCUT2D eigenvalue weighted by molar-refractivity contribution is 9.25. The van der Waals surface area contributed by atoms with E-state index in [2.05, 4.69) is 42.4 Å². The third kappa shape index (κ3) is 3.54. The molecule has 4 nitrogen and oxygen atoms in total. The predicted octanol–water partition coefficient (Wildman–Crippen LogP) is 4.21. The van der Waals surface area contributed by atoms with Crippen LogP contribution in [0.2, 0.25) is 0 Å². The van der Waals surface area contributed by atoms with Crippen molar-refractivity contribution in [2.45, 2.75) is 36.8 Å². The van der Waals surface area contributed by atoms with Gasteiger partial charge in [0.15, 0.2) is 0 Å². The van der Waals surface area contributed by atoms with Crippen LogP contribution in [0.25, 0.3) is 0 Å². The number of carbonyl (C=O) groups excluding carboxylic acids is 1. The molecule has 0 bridgehead atoms. The first kappa shape index (κ1) is 17.5. The number of hydrogen-bond acceptors (Lipinski definition) is 3. The number of alkyl halides is 2. The fraction of sp³-hybridized carbons (Fsp3) is 0.500. The number of carbonyl (C=O) groups is 1. The second-order valence-electron chi connectivity index (χ2n) is 5.52. The SMILES string of the molecule is CCOc1ccc(/C(CC)=N\NC(=O)[C@@]2(C)CC2(Br)Br)cc1. The number of hydrazone groups is 1. The molecule has 1 aliphatic carbocycles. The molecule has 0 saturated heterocycles. The van der Waals surface area contributed by atoms with Gasteiger partial charge in [0, 0.05) is 0 Å². The van der Waals surface area contributed by atoms with Crippen LogP contribution in [0.1, 0.15) is 39.2 Å². The van der Waals surface area contributed by atoms with Crippen LogP contribution < -0.4 is 10.2 Å². The summed E-state index contributed by atoms with van der Waals surface area (Å²) in [6.45, 7) is 6.52. The Morgan fingerprint density at radius 3 is 2.36 bits per heavy atom. The molecule has 120 valence electrons. The maximum atomic E-state index is 12.2. The zero-order valence-electron chi connectivity index (χ0n) is 13.0. The summed E-state index contributed by atoms with van der Waals surface area (Å²) >= 11 is 6.99. The molecule has 1 fully saturated rings. The third-order valence-corrected chi connectivity index (χ3v) is 6.20. The summed E-state index contributed by atoms with van der Waals surface area (Å²) in [5.41, 5.74) is 4.05. The summed E-state index contributed by atoms with van der Waals surface area (Å²) in [6.07, 6.45) is 1.48. The first-order valence-electron chi connectivity index (χ1n) is 7.32.